The Hall–Kier alpha value is -2.40. The maximum Gasteiger partial charge on any atom is 0.222 e. The second-order valence-corrected chi connectivity index (χ2v) is 6.70. The molecule has 0 spiro atoms. The monoisotopic (exact) mass is 353 g/mol. The average Bonchev–Trinajstić information content (AvgIpc) is 3.04. The molecule has 1 saturated heterocycles. The molecule has 1 N–H and O–H groups in total. The normalized spacial score (nSPS) is 16.9. The fraction of sp³-hybridized carbons (Fsp3) is 0.429. The van der Waals surface area contributed by atoms with Crippen molar-refractivity contribution in [2.24, 2.45) is 0 Å². The zero-order chi connectivity index (χ0) is 18.2. The Morgan fingerprint density at radius 3 is 2.81 bits per heavy atom. The van der Waals surface area contributed by atoms with Crippen molar-refractivity contribution in [3.63, 3.8) is 0 Å². The summed E-state index contributed by atoms with van der Waals surface area (Å²) in [5.74, 6) is 1.16. The van der Waals surface area contributed by atoms with E-state index in [1.165, 1.54) is 11.1 Å². The van der Waals surface area contributed by atoms with E-state index in [1.807, 2.05) is 24.4 Å². The number of carbonyl (C=O) groups excluding carboxylic acids is 1. The van der Waals surface area contributed by atoms with E-state index in [0.717, 1.165) is 44.6 Å². The number of hydrogen-bond acceptors (Lipinski definition) is 4. The van der Waals surface area contributed by atoms with Crippen molar-refractivity contribution in [3.8, 4) is 5.75 Å². The van der Waals surface area contributed by atoms with Gasteiger partial charge in [0.15, 0.2) is 0 Å². The summed E-state index contributed by atoms with van der Waals surface area (Å²) < 4.78 is 5.18. The van der Waals surface area contributed by atoms with E-state index in [0.29, 0.717) is 12.5 Å². The van der Waals surface area contributed by atoms with E-state index in [9.17, 15) is 4.79 Å². The van der Waals surface area contributed by atoms with Crippen molar-refractivity contribution in [2.45, 2.75) is 38.3 Å². The predicted octanol–water partition coefficient (Wildman–Crippen LogP) is 2.80. The minimum Gasteiger partial charge on any atom is -0.497 e. The minimum atomic E-state index is 0.286. The number of ether oxygens (including phenoxy) is 1. The molecule has 1 aromatic heterocycles. The number of nitrogens with one attached hydrogen (secondary N) is 1. The second-order valence-electron chi connectivity index (χ2n) is 6.70. The van der Waals surface area contributed by atoms with Gasteiger partial charge in [0.05, 0.1) is 7.11 Å². The molecule has 138 valence electrons. The van der Waals surface area contributed by atoms with Crippen LogP contribution in [0, 0.1) is 0 Å². The lowest BCUT2D eigenvalue weighted by atomic mass is 10.1. The third-order valence-electron chi connectivity index (χ3n) is 4.96. The quantitative estimate of drug-likeness (QED) is 0.705. The van der Waals surface area contributed by atoms with Crippen LogP contribution in [0.15, 0.2) is 48.8 Å². The molecule has 1 unspecified atom stereocenters. The van der Waals surface area contributed by atoms with Gasteiger partial charge in [0.1, 0.15) is 5.75 Å². The highest BCUT2D eigenvalue weighted by atomic mass is 16.5. The molecule has 1 aromatic carbocycles. The number of nitrogens with zero attached hydrogens (tertiary/aromatic N) is 2. The molecule has 2 aromatic rings. The third-order valence-corrected chi connectivity index (χ3v) is 4.96. The standard InChI is InChI=1S/C21H27N3O2/c1-26-20-7-4-18(5-8-20)16-23-13-10-19-6-9-21(25)24(19)14-11-17-3-2-12-22-15-17/h2-5,7-8,12,15,19,23H,6,9-11,13-14,16H2,1H3. The van der Waals surface area contributed by atoms with Crippen LogP contribution in [0.1, 0.15) is 30.4 Å². The van der Waals surface area contributed by atoms with Gasteiger partial charge in [0, 0.05) is 37.9 Å². The number of rotatable bonds is 9. The molecule has 1 amide bonds. The summed E-state index contributed by atoms with van der Waals surface area (Å²) >= 11 is 0. The zero-order valence-corrected chi connectivity index (χ0v) is 15.4. The van der Waals surface area contributed by atoms with Gasteiger partial charge in [0.2, 0.25) is 5.91 Å². The van der Waals surface area contributed by atoms with Gasteiger partial charge in [-0.05, 0) is 55.1 Å². The first-order chi connectivity index (χ1) is 12.8. The van der Waals surface area contributed by atoms with E-state index < -0.39 is 0 Å². The van der Waals surface area contributed by atoms with Crippen LogP contribution in [-0.2, 0) is 17.8 Å². The maximum atomic E-state index is 12.2. The molecule has 0 radical (unpaired) electrons. The number of methoxy groups -OCH3 is 1. The Morgan fingerprint density at radius 2 is 2.08 bits per heavy atom. The first kappa shape index (κ1) is 18.4. The molecule has 5 nitrogen and oxygen atoms in total. The first-order valence-corrected chi connectivity index (χ1v) is 9.28. The minimum absolute atomic E-state index is 0.286. The summed E-state index contributed by atoms with van der Waals surface area (Å²) in [5.41, 5.74) is 2.42. The lowest BCUT2D eigenvalue weighted by Gasteiger charge is -2.25. The lowest BCUT2D eigenvalue weighted by Crippen LogP contribution is -2.36. The molecule has 1 aliphatic rings. The highest BCUT2D eigenvalue weighted by molar-refractivity contribution is 5.78. The van der Waals surface area contributed by atoms with E-state index in [-0.39, 0.29) is 5.91 Å². The van der Waals surface area contributed by atoms with E-state index >= 15 is 0 Å². The van der Waals surface area contributed by atoms with Crippen LogP contribution in [0.3, 0.4) is 0 Å². The summed E-state index contributed by atoms with van der Waals surface area (Å²) in [7, 11) is 1.68. The van der Waals surface area contributed by atoms with Gasteiger partial charge >= 0.3 is 0 Å². The highest BCUT2D eigenvalue weighted by Crippen LogP contribution is 2.21. The summed E-state index contributed by atoms with van der Waals surface area (Å²) in [6.45, 7) is 2.53. The predicted molar refractivity (Wildman–Crippen MR) is 102 cm³/mol. The number of carbonyl (C=O) groups is 1. The van der Waals surface area contributed by atoms with Crippen molar-refractivity contribution in [1.82, 2.24) is 15.2 Å². The Kier molecular flexibility index (Phi) is 6.61. The largest absolute Gasteiger partial charge is 0.497 e. The van der Waals surface area contributed by atoms with Crippen molar-refractivity contribution < 1.29 is 9.53 Å². The van der Waals surface area contributed by atoms with Gasteiger partial charge in [-0.15, -0.1) is 0 Å². The van der Waals surface area contributed by atoms with Gasteiger partial charge in [-0.1, -0.05) is 18.2 Å². The fourth-order valence-electron chi connectivity index (χ4n) is 3.44. The van der Waals surface area contributed by atoms with Gasteiger partial charge in [0.25, 0.3) is 0 Å². The van der Waals surface area contributed by atoms with Crippen LogP contribution in [0.2, 0.25) is 0 Å². The molecule has 5 heteroatoms. The Bertz CT molecular complexity index is 688. The number of pyridine rings is 1. The maximum absolute atomic E-state index is 12.2. The summed E-state index contributed by atoms with van der Waals surface area (Å²) in [5, 5.41) is 3.49. The summed E-state index contributed by atoms with van der Waals surface area (Å²) in [4.78, 5) is 18.4. The summed E-state index contributed by atoms with van der Waals surface area (Å²) in [6, 6.07) is 12.5. The molecule has 0 saturated carbocycles. The van der Waals surface area contributed by atoms with Crippen LogP contribution >= 0.6 is 0 Å². The number of amides is 1. The van der Waals surface area contributed by atoms with Crippen molar-refractivity contribution in [2.75, 3.05) is 20.2 Å². The van der Waals surface area contributed by atoms with E-state index in [4.69, 9.17) is 4.74 Å². The average molecular weight is 353 g/mol. The molecule has 2 heterocycles. The lowest BCUT2D eigenvalue weighted by molar-refractivity contribution is -0.129. The molecule has 0 bridgehead atoms. The molecule has 1 aliphatic heterocycles. The third kappa shape index (κ3) is 5.05. The topological polar surface area (TPSA) is 54.5 Å². The number of aromatic nitrogens is 1. The Labute approximate surface area is 155 Å². The van der Waals surface area contributed by atoms with E-state index in [1.54, 1.807) is 13.3 Å². The van der Waals surface area contributed by atoms with Crippen LogP contribution in [-0.4, -0.2) is 42.0 Å². The van der Waals surface area contributed by atoms with Gasteiger partial charge in [-0.3, -0.25) is 9.78 Å². The highest BCUT2D eigenvalue weighted by Gasteiger charge is 2.29. The molecule has 3 rings (SSSR count). The number of hydrogen-bond donors (Lipinski definition) is 1. The fourth-order valence-corrected chi connectivity index (χ4v) is 3.44. The van der Waals surface area contributed by atoms with E-state index in [2.05, 4.69) is 33.4 Å². The zero-order valence-electron chi connectivity index (χ0n) is 15.4. The Balaban J connectivity index is 1.41. The molecule has 1 fully saturated rings. The number of benzene rings is 1. The second kappa shape index (κ2) is 9.34. The smallest absolute Gasteiger partial charge is 0.222 e. The molecular formula is C21H27N3O2. The van der Waals surface area contributed by atoms with Crippen molar-refractivity contribution in [3.05, 3.63) is 59.9 Å². The SMILES string of the molecule is COc1ccc(CNCCC2CCC(=O)N2CCc2cccnc2)cc1. The van der Waals surface area contributed by atoms with Gasteiger partial charge < -0.3 is 15.0 Å². The van der Waals surface area contributed by atoms with Crippen molar-refractivity contribution >= 4 is 5.91 Å². The molecule has 1 atom stereocenters. The summed E-state index contributed by atoms with van der Waals surface area (Å²) in [6.07, 6.45) is 7.17. The Morgan fingerprint density at radius 1 is 1.23 bits per heavy atom. The van der Waals surface area contributed by atoms with Crippen LogP contribution in [0.25, 0.3) is 0 Å². The van der Waals surface area contributed by atoms with Crippen LogP contribution in [0.4, 0.5) is 0 Å². The number of likely N-dealkylation sites (tertiary alicyclic amines) is 1. The van der Waals surface area contributed by atoms with Gasteiger partial charge in [-0.25, -0.2) is 0 Å². The van der Waals surface area contributed by atoms with Gasteiger partial charge in [-0.2, -0.15) is 0 Å². The molecule has 26 heavy (non-hydrogen) atoms. The van der Waals surface area contributed by atoms with Crippen molar-refractivity contribution in [1.29, 1.82) is 0 Å². The van der Waals surface area contributed by atoms with Crippen LogP contribution < -0.4 is 10.1 Å². The molecular weight excluding hydrogens is 326 g/mol. The molecule has 0 aliphatic carbocycles. The van der Waals surface area contributed by atoms with Crippen LogP contribution in [0.5, 0.6) is 5.75 Å². The first-order valence-electron chi connectivity index (χ1n) is 9.28.